The minimum absolute atomic E-state index is 0.168. The van der Waals surface area contributed by atoms with E-state index in [-0.39, 0.29) is 26.1 Å². The lowest BCUT2D eigenvalue weighted by Crippen LogP contribution is -2.47. The number of β-amino-alcohol motifs (C(OH)–C–C–N with tert-alkyl or cyclic N) is 1. The quantitative estimate of drug-likeness (QED) is 0.424. The van der Waals surface area contributed by atoms with Crippen LogP contribution in [0.4, 0.5) is 4.79 Å². The molecule has 20 heavy (non-hydrogen) atoms. The number of imide groups is 1. The van der Waals surface area contributed by atoms with Crippen molar-refractivity contribution < 1.29 is 24.2 Å². The smallest absolute Gasteiger partial charge is 0.323 e. The van der Waals surface area contributed by atoms with Crippen LogP contribution in [0.25, 0.3) is 0 Å². The molecule has 0 saturated carbocycles. The zero-order valence-corrected chi connectivity index (χ0v) is 11.3. The molecule has 1 saturated heterocycles. The van der Waals surface area contributed by atoms with Gasteiger partial charge in [-0.1, -0.05) is 6.08 Å². The minimum Gasteiger partial charge on any atom is -0.468 e. The van der Waals surface area contributed by atoms with Gasteiger partial charge in [-0.3, -0.25) is 19.8 Å². The van der Waals surface area contributed by atoms with Gasteiger partial charge in [0.15, 0.2) is 0 Å². The van der Waals surface area contributed by atoms with Crippen molar-refractivity contribution >= 4 is 17.9 Å². The maximum Gasteiger partial charge on any atom is 0.323 e. The largest absolute Gasteiger partial charge is 0.468 e. The molecule has 2 atom stereocenters. The molecule has 1 rings (SSSR count). The van der Waals surface area contributed by atoms with E-state index in [1.54, 1.807) is 0 Å². The standard InChI is InChI=1S/C12H19N3O5/c1-3-4-13-12(19)14-10(17)7-15-6-8(16)5-9(15)11(18)20-2/h3,8-9,16H,1,4-7H2,2H3,(H2,13,14,17,19). The third-order valence-electron chi connectivity index (χ3n) is 2.86. The maximum atomic E-state index is 11.7. The number of ether oxygens (including phenoxy) is 1. The van der Waals surface area contributed by atoms with Crippen molar-refractivity contribution in [2.24, 2.45) is 0 Å². The van der Waals surface area contributed by atoms with Gasteiger partial charge in [0.25, 0.3) is 0 Å². The molecular weight excluding hydrogens is 266 g/mol. The summed E-state index contributed by atoms with van der Waals surface area (Å²) in [7, 11) is 1.24. The summed E-state index contributed by atoms with van der Waals surface area (Å²) in [6.45, 7) is 3.68. The third-order valence-corrected chi connectivity index (χ3v) is 2.86. The topological polar surface area (TPSA) is 108 Å². The number of methoxy groups -OCH3 is 1. The number of aliphatic hydroxyl groups is 1. The zero-order valence-electron chi connectivity index (χ0n) is 11.3. The number of hydrogen-bond acceptors (Lipinski definition) is 6. The molecule has 0 radical (unpaired) electrons. The molecule has 3 N–H and O–H groups in total. The van der Waals surface area contributed by atoms with Crippen LogP contribution in [0.2, 0.25) is 0 Å². The summed E-state index contributed by atoms with van der Waals surface area (Å²) in [6, 6.07) is -1.30. The molecule has 0 aromatic rings. The number of hydrogen-bond donors (Lipinski definition) is 3. The average molecular weight is 285 g/mol. The van der Waals surface area contributed by atoms with Crippen LogP contribution in [-0.2, 0) is 14.3 Å². The number of esters is 1. The van der Waals surface area contributed by atoms with Gasteiger partial charge in [-0.15, -0.1) is 6.58 Å². The number of amides is 3. The second kappa shape index (κ2) is 7.61. The summed E-state index contributed by atoms with van der Waals surface area (Å²) >= 11 is 0. The lowest BCUT2D eigenvalue weighted by Gasteiger charge is -2.20. The highest BCUT2D eigenvalue weighted by Gasteiger charge is 2.37. The number of urea groups is 1. The van der Waals surface area contributed by atoms with Gasteiger partial charge in [-0.2, -0.15) is 0 Å². The number of nitrogens with one attached hydrogen (secondary N) is 2. The molecule has 0 aromatic carbocycles. The third kappa shape index (κ3) is 4.63. The summed E-state index contributed by atoms with van der Waals surface area (Å²) in [5.41, 5.74) is 0. The Morgan fingerprint density at radius 1 is 1.50 bits per heavy atom. The molecule has 8 nitrogen and oxygen atoms in total. The fourth-order valence-corrected chi connectivity index (χ4v) is 2.00. The molecule has 0 bridgehead atoms. The predicted octanol–water partition coefficient (Wildman–Crippen LogP) is -1.39. The van der Waals surface area contributed by atoms with Crippen LogP contribution >= 0.6 is 0 Å². The lowest BCUT2D eigenvalue weighted by molar-refractivity contribution is -0.146. The van der Waals surface area contributed by atoms with Gasteiger partial charge in [0.1, 0.15) is 6.04 Å². The van der Waals surface area contributed by atoms with Gasteiger partial charge >= 0.3 is 12.0 Å². The second-order valence-electron chi connectivity index (χ2n) is 4.40. The fourth-order valence-electron chi connectivity index (χ4n) is 2.00. The van der Waals surface area contributed by atoms with E-state index in [0.717, 1.165) is 0 Å². The Labute approximate surface area is 116 Å². The summed E-state index contributed by atoms with van der Waals surface area (Å²) in [5.74, 6) is -1.07. The molecule has 112 valence electrons. The van der Waals surface area contributed by atoms with E-state index in [1.165, 1.54) is 18.1 Å². The molecule has 1 heterocycles. The van der Waals surface area contributed by atoms with Crippen molar-refractivity contribution in [2.45, 2.75) is 18.6 Å². The van der Waals surface area contributed by atoms with Crippen molar-refractivity contribution in [3.63, 3.8) is 0 Å². The van der Waals surface area contributed by atoms with E-state index in [2.05, 4.69) is 21.9 Å². The Balaban J connectivity index is 2.49. The first-order valence-electron chi connectivity index (χ1n) is 6.16. The number of likely N-dealkylation sites (tertiary alicyclic amines) is 1. The van der Waals surface area contributed by atoms with Crippen molar-refractivity contribution in [1.82, 2.24) is 15.5 Å². The molecule has 2 unspecified atom stereocenters. The molecule has 0 aliphatic carbocycles. The van der Waals surface area contributed by atoms with E-state index < -0.39 is 30.1 Å². The van der Waals surface area contributed by atoms with E-state index >= 15 is 0 Å². The molecular formula is C12H19N3O5. The van der Waals surface area contributed by atoms with Gasteiger partial charge < -0.3 is 15.2 Å². The van der Waals surface area contributed by atoms with Crippen LogP contribution in [0.15, 0.2) is 12.7 Å². The van der Waals surface area contributed by atoms with Crippen LogP contribution in [0, 0.1) is 0 Å². The van der Waals surface area contributed by atoms with Gasteiger partial charge in [0, 0.05) is 19.5 Å². The van der Waals surface area contributed by atoms with Gasteiger partial charge in [-0.25, -0.2) is 4.79 Å². The number of rotatable bonds is 5. The summed E-state index contributed by atoms with van der Waals surface area (Å²) in [6.07, 6.45) is 0.998. The number of aliphatic hydroxyl groups excluding tert-OH is 1. The predicted molar refractivity (Wildman–Crippen MR) is 69.7 cm³/mol. The first-order chi connectivity index (χ1) is 9.47. The molecule has 3 amide bonds. The van der Waals surface area contributed by atoms with E-state index in [9.17, 15) is 19.5 Å². The molecule has 1 aliphatic heterocycles. The first kappa shape index (κ1) is 16.1. The monoisotopic (exact) mass is 285 g/mol. The Hall–Kier alpha value is -1.93. The Morgan fingerprint density at radius 3 is 2.80 bits per heavy atom. The molecule has 0 spiro atoms. The highest BCUT2D eigenvalue weighted by molar-refractivity contribution is 5.95. The number of carbonyl (C=O) groups excluding carboxylic acids is 3. The van der Waals surface area contributed by atoms with Crippen LogP contribution in [0.3, 0.4) is 0 Å². The summed E-state index contributed by atoms with van der Waals surface area (Å²) < 4.78 is 4.61. The summed E-state index contributed by atoms with van der Waals surface area (Å²) in [4.78, 5) is 35.9. The van der Waals surface area contributed by atoms with Crippen LogP contribution in [0.1, 0.15) is 6.42 Å². The minimum atomic E-state index is -0.693. The molecule has 1 fully saturated rings. The first-order valence-corrected chi connectivity index (χ1v) is 6.16. The van der Waals surface area contributed by atoms with Crippen LogP contribution in [-0.4, -0.2) is 66.8 Å². The second-order valence-corrected chi connectivity index (χ2v) is 4.40. The van der Waals surface area contributed by atoms with Gasteiger partial charge in [0.2, 0.25) is 5.91 Å². The van der Waals surface area contributed by atoms with Crippen molar-refractivity contribution in [3.8, 4) is 0 Å². The number of nitrogens with zero attached hydrogens (tertiary/aromatic N) is 1. The Kier molecular flexibility index (Phi) is 6.13. The molecule has 8 heteroatoms. The van der Waals surface area contributed by atoms with Gasteiger partial charge in [0.05, 0.1) is 19.8 Å². The van der Waals surface area contributed by atoms with Crippen molar-refractivity contribution in [1.29, 1.82) is 0 Å². The SMILES string of the molecule is C=CCNC(=O)NC(=O)CN1CC(O)CC1C(=O)OC. The zero-order chi connectivity index (χ0) is 15.1. The Bertz CT molecular complexity index is 399. The summed E-state index contributed by atoms with van der Waals surface area (Å²) in [5, 5.41) is 14.1. The van der Waals surface area contributed by atoms with E-state index in [0.29, 0.717) is 0 Å². The fraction of sp³-hybridized carbons (Fsp3) is 0.583. The van der Waals surface area contributed by atoms with Crippen molar-refractivity contribution in [3.05, 3.63) is 12.7 Å². The van der Waals surface area contributed by atoms with Crippen LogP contribution < -0.4 is 10.6 Å². The average Bonchev–Trinajstić information content (AvgIpc) is 2.76. The van der Waals surface area contributed by atoms with Crippen LogP contribution in [0.5, 0.6) is 0 Å². The van der Waals surface area contributed by atoms with E-state index in [1.807, 2.05) is 0 Å². The highest BCUT2D eigenvalue weighted by atomic mass is 16.5. The Morgan fingerprint density at radius 2 is 2.20 bits per heavy atom. The maximum absolute atomic E-state index is 11.7. The lowest BCUT2D eigenvalue weighted by atomic mass is 10.2. The van der Waals surface area contributed by atoms with Crippen molar-refractivity contribution in [2.75, 3.05) is 26.7 Å². The number of carbonyl (C=O) groups is 3. The highest BCUT2D eigenvalue weighted by Crippen LogP contribution is 2.18. The molecule has 0 aromatic heterocycles. The molecule has 1 aliphatic rings. The van der Waals surface area contributed by atoms with Gasteiger partial charge in [-0.05, 0) is 0 Å². The van der Waals surface area contributed by atoms with E-state index in [4.69, 9.17) is 0 Å². The normalized spacial score (nSPS) is 22.1.